The van der Waals surface area contributed by atoms with E-state index in [1.807, 2.05) is 20.8 Å². The van der Waals surface area contributed by atoms with Crippen molar-refractivity contribution in [3.8, 4) is 5.75 Å². The van der Waals surface area contributed by atoms with Crippen LogP contribution in [-0.2, 0) is 5.41 Å². The summed E-state index contributed by atoms with van der Waals surface area (Å²) in [5.41, 5.74) is 0.748. The Labute approximate surface area is 78.2 Å². The summed E-state index contributed by atoms with van der Waals surface area (Å²) in [7, 11) is 0. The first kappa shape index (κ1) is 10.0. The Bertz CT molecular complexity index is 324. The summed E-state index contributed by atoms with van der Waals surface area (Å²) in [5.74, 6) is -0.280. The van der Waals surface area contributed by atoms with Crippen LogP contribution in [0.1, 0.15) is 31.9 Å². The Kier molecular flexibility index (Phi) is 2.33. The minimum Gasteiger partial charge on any atom is -0.508 e. The van der Waals surface area contributed by atoms with Gasteiger partial charge in [0.05, 0.1) is 0 Å². The van der Waals surface area contributed by atoms with E-state index in [0.717, 1.165) is 0 Å². The van der Waals surface area contributed by atoms with E-state index in [1.165, 1.54) is 0 Å². The Morgan fingerprint density at radius 2 is 1.77 bits per heavy atom. The maximum Gasteiger partial charge on any atom is 0.133 e. The average molecular weight is 182 g/mol. The second kappa shape index (κ2) is 3.02. The van der Waals surface area contributed by atoms with Gasteiger partial charge < -0.3 is 5.11 Å². The quantitative estimate of drug-likeness (QED) is 0.653. The van der Waals surface area contributed by atoms with E-state index in [1.54, 1.807) is 19.1 Å². The van der Waals surface area contributed by atoms with Crippen LogP contribution in [0.3, 0.4) is 0 Å². The van der Waals surface area contributed by atoms with Crippen LogP contribution in [0.15, 0.2) is 12.1 Å². The number of phenols is 1. The molecule has 0 fully saturated rings. The summed E-state index contributed by atoms with van der Waals surface area (Å²) in [6.45, 7) is 7.42. The molecule has 13 heavy (non-hydrogen) atoms. The summed E-state index contributed by atoms with van der Waals surface area (Å²) >= 11 is 0. The van der Waals surface area contributed by atoms with Crippen molar-refractivity contribution in [1.29, 1.82) is 0 Å². The molecule has 1 rings (SSSR count). The van der Waals surface area contributed by atoms with Gasteiger partial charge in [0.25, 0.3) is 0 Å². The van der Waals surface area contributed by atoms with Crippen LogP contribution < -0.4 is 0 Å². The monoisotopic (exact) mass is 182 g/mol. The van der Waals surface area contributed by atoms with Crippen molar-refractivity contribution in [3.63, 3.8) is 0 Å². The average Bonchev–Trinajstić information content (AvgIpc) is 1.98. The van der Waals surface area contributed by atoms with Crippen molar-refractivity contribution < 1.29 is 9.50 Å². The van der Waals surface area contributed by atoms with Crippen molar-refractivity contribution >= 4 is 0 Å². The molecule has 0 unspecified atom stereocenters. The maximum atomic E-state index is 13.6. The van der Waals surface area contributed by atoms with E-state index < -0.39 is 0 Å². The van der Waals surface area contributed by atoms with Crippen LogP contribution in [0.2, 0.25) is 0 Å². The minimum absolute atomic E-state index is 0.0190. The molecule has 0 bridgehead atoms. The van der Waals surface area contributed by atoms with Gasteiger partial charge in [0.15, 0.2) is 0 Å². The molecule has 0 amide bonds. The van der Waals surface area contributed by atoms with Crippen molar-refractivity contribution in [2.75, 3.05) is 0 Å². The Hall–Kier alpha value is -1.05. The zero-order valence-electron chi connectivity index (χ0n) is 8.48. The molecule has 1 aromatic rings. The first-order valence-corrected chi connectivity index (χ1v) is 4.32. The van der Waals surface area contributed by atoms with Crippen LogP contribution in [-0.4, -0.2) is 5.11 Å². The van der Waals surface area contributed by atoms with Gasteiger partial charge in [-0.25, -0.2) is 4.39 Å². The van der Waals surface area contributed by atoms with Crippen LogP contribution in [0, 0.1) is 12.7 Å². The summed E-state index contributed by atoms with van der Waals surface area (Å²) in [5, 5.41) is 9.25. The van der Waals surface area contributed by atoms with E-state index in [-0.39, 0.29) is 17.0 Å². The summed E-state index contributed by atoms with van der Waals surface area (Å²) in [6, 6.07) is 3.18. The Balaban J connectivity index is 3.35. The van der Waals surface area contributed by atoms with E-state index in [2.05, 4.69) is 0 Å². The Morgan fingerprint density at radius 3 is 2.23 bits per heavy atom. The molecule has 0 saturated carbocycles. The molecule has 1 N–H and O–H groups in total. The highest BCUT2D eigenvalue weighted by Gasteiger charge is 2.20. The molecule has 72 valence electrons. The molecule has 0 aliphatic heterocycles. The lowest BCUT2D eigenvalue weighted by molar-refractivity contribution is 0.454. The third-order valence-corrected chi connectivity index (χ3v) is 2.17. The summed E-state index contributed by atoms with van der Waals surface area (Å²) < 4.78 is 13.6. The molecule has 2 heteroatoms. The molecule has 0 atom stereocenters. The van der Waals surface area contributed by atoms with Gasteiger partial charge in [-0.2, -0.15) is 0 Å². The number of hydrogen-bond donors (Lipinski definition) is 1. The maximum absolute atomic E-state index is 13.6. The van der Waals surface area contributed by atoms with Gasteiger partial charge in [-0.1, -0.05) is 26.8 Å². The predicted octanol–water partition coefficient (Wildman–Crippen LogP) is 3.14. The highest BCUT2D eigenvalue weighted by molar-refractivity contribution is 5.39. The molecule has 0 radical (unpaired) electrons. The number of benzene rings is 1. The fourth-order valence-corrected chi connectivity index (χ4v) is 1.25. The second-order valence-corrected chi connectivity index (χ2v) is 4.32. The lowest BCUT2D eigenvalue weighted by Crippen LogP contribution is -2.14. The second-order valence-electron chi connectivity index (χ2n) is 4.32. The number of rotatable bonds is 0. The molecular formula is C11H15FO. The lowest BCUT2D eigenvalue weighted by atomic mass is 9.85. The predicted molar refractivity (Wildman–Crippen MR) is 51.5 cm³/mol. The lowest BCUT2D eigenvalue weighted by Gasteiger charge is -2.20. The molecule has 1 aromatic carbocycles. The first-order chi connectivity index (χ1) is 5.84. The highest BCUT2D eigenvalue weighted by Crippen LogP contribution is 2.30. The van der Waals surface area contributed by atoms with Gasteiger partial charge in [-0.15, -0.1) is 0 Å². The minimum atomic E-state index is -0.299. The zero-order chi connectivity index (χ0) is 10.2. The van der Waals surface area contributed by atoms with Gasteiger partial charge in [0.1, 0.15) is 11.6 Å². The molecule has 1 nitrogen and oxygen atoms in total. The number of halogens is 1. The van der Waals surface area contributed by atoms with E-state index in [9.17, 15) is 9.50 Å². The molecule has 0 heterocycles. The molecular weight excluding hydrogens is 167 g/mol. The van der Waals surface area contributed by atoms with E-state index in [0.29, 0.717) is 11.1 Å². The molecule has 0 saturated heterocycles. The first-order valence-electron chi connectivity index (χ1n) is 4.32. The summed E-state index contributed by atoms with van der Waals surface area (Å²) in [4.78, 5) is 0. The fraction of sp³-hybridized carbons (Fsp3) is 0.455. The van der Waals surface area contributed by atoms with Crippen LogP contribution in [0.25, 0.3) is 0 Å². The standard InChI is InChI=1S/C11H15FO/c1-7-9(13)6-5-8(10(7)12)11(2,3)4/h5-6,13H,1-4H3. The Morgan fingerprint density at radius 1 is 1.23 bits per heavy atom. The zero-order valence-corrected chi connectivity index (χ0v) is 8.48. The normalized spacial score (nSPS) is 11.8. The van der Waals surface area contributed by atoms with Gasteiger partial charge in [-0.05, 0) is 24.0 Å². The third-order valence-electron chi connectivity index (χ3n) is 2.17. The van der Waals surface area contributed by atoms with E-state index in [4.69, 9.17) is 0 Å². The molecule has 0 aliphatic rings. The highest BCUT2D eigenvalue weighted by atomic mass is 19.1. The molecule has 0 spiro atoms. The summed E-state index contributed by atoms with van der Waals surface area (Å²) in [6.07, 6.45) is 0. The number of phenolic OH excluding ortho intramolecular Hbond substituents is 1. The van der Waals surface area contributed by atoms with Gasteiger partial charge in [-0.3, -0.25) is 0 Å². The van der Waals surface area contributed by atoms with Gasteiger partial charge >= 0.3 is 0 Å². The smallest absolute Gasteiger partial charge is 0.133 e. The van der Waals surface area contributed by atoms with Gasteiger partial charge in [0, 0.05) is 5.56 Å². The number of hydrogen-bond acceptors (Lipinski definition) is 1. The van der Waals surface area contributed by atoms with Crippen molar-refractivity contribution in [2.45, 2.75) is 33.1 Å². The van der Waals surface area contributed by atoms with E-state index >= 15 is 0 Å². The van der Waals surface area contributed by atoms with Crippen LogP contribution in [0.5, 0.6) is 5.75 Å². The topological polar surface area (TPSA) is 20.2 Å². The molecule has 0 aliphatic carbocycles. The van der Waals surface area contributed by atoms with Crippen molar-refractivity contribution in [1.82, 2.24) is 0 Å². The molecule has 0 aromatic heterocycles. The third kappa shape index (κ3) is 1.82. The SMILES string of the molecule is Cc1c(O)ccc(C(C)(C)C)c1F. The largest absolute Gasteiger partial charge is 0.508 e. The van der Waals surface area contributed by atoms with Crippen LogP contribution in [0.4, 0.5) is 4.39 Å². The van der Waals surface area contributed by atoms with Crippen LogP contribution >= 0.6 is 0 Å². The van der Waals surface area contributed by atoms with Gasteiger partial charge in [0.2, 0.25) is 0 Å². The number of aromatic hydroxyl groups is 1. The van der Waals surface area contributed by atoms with Crippen molar-refractivity contribution in [3.05, 3.63) is 29.1 Å². The van der Waals surface area contributed by atoms with Crippen molar-refractivity contribution in [2.24, 2.45) is 0 Å². The fourth-order valence-electron chi connectivity index (χ4n) is 1.25.